The molecule has 0 amide bonds. The summed E-state index contributed by atoms with van der Waals surface area (Å²) in [6.45, 7) is 4.50. The first kappa shape index (κ1) is 29.2. The Kier molecular flexibility index (Phi) is 11.5. The molecule has 37 heavy (non-hydrogen) atoms. The molecular formula is C29H15F4IrN2O-4. The van der Waals surface area contributed by atoms with Gasteiger partial charge in [-0.15, -0.1) is 60.2 Å². The number of pyridine rings is 2. The van der Waals surface area contributed by atoms with E-state index in [1.165, 1.54) is 18.2 Å². The fourth-order valence-electron chi connectivity index (χ4n) is 3.07. The van der Waals surface area contributed by atoms with E-state index in [9.17, 15) is 17.6 Å². The van der Waals surface area contributed by atoms with Gasteiger partial charge in [0.2, 0.25) is 0 Å². The number of hydrogen-bond acceptors (Lipinski definition) is 3. The quantitative estimate of drug-likeness (QED) is 0.158. The van der Waals surface area contributed by atoms with Crippen molar-refractivity contribution in [3.05, 3.63) is 133 Å². The minimum Gasteiger partial charge on any atom is -0.573 e. The van der Waals surface area contributed by atoms with E-state index < -0.39 is 23.3 Å². The van der Waals surface area contributed by atoms with E-state index >= 15 is 0 Å². The smallest absolute Gasteiger partial charge is 0.0408 e. The van der Waals surface area contributed by atoms with Gasteiger partial charge in [-0.25, -0.2) is 0 Å². The van der Waals surface area contributed by atoms with Gasteiger partial charge in [0.05, 0.1) is 0 Å². The van der Waals surface area contributed by atoms with Gasteiger partial charge in [-0.2, -0.15) is 0 Å². The number of halogens is 4. The van der Waals surface area contributed by atoms with Crippen LogP contribution in [-0.2, 0) is 24.9 Å². The first-order chi connectivity index (χ1) is 17.5. The van der Waals surface area contributed by atoms with Crippen LogP contribution >= 0.6 is 0 Å². The van der Waals surface area contributed by atoms with Gasteiger partial charge in [-0.05, 0) is 23.1 Å². The molecule has 0 saturated carbocycles. The molecule has 3 nitrogen and oxygen atoms in total. The molecule has 0 aliphatic heterocycles. The molecular weight excluding hydrogens is 661 g/mol. The van der Waals surface area contributed by atoms with Crippen molar-refractivity contribution in [1.82, 2.24) is 9.97 Å². The zero-order chi connectivity index (χ0) is 25.9. The van der Waals surface area contributed by atoms with E-state index in [0.29, 0.717) is 12.1 Å². The Balaban J connectivity index is 0.000000272. The second-order valence-electron chi connectivity index (χ2n) is 6.98. The van der Waals surface area contributed by atoms with E-state index in [1.54, 1.807) is 6.20 Å². The fraction of sp³-hybridized carbons (Fsp3) is 0. The average Bonchev–Trinajstić information content (AvgIpc) is 2.91. The molecule has 0 aliphatic rings. The van der Waals surface area contributed by atoms with Crippen molar-refractivity contribution in [2.75, 3.05) is 0 Å². The summed E-state index contributed by atoms with van der Waals surface area (Å²) < 4.78 is 53.4. The van der Waals surface area contributed by atoms with Crippen LogP contribution in [0.4, 0.5) is 17.6 Å². The minimum atomic E-state index is -0.826. The van der Waals surface area contributed by atoms with Gasteiger partial charge in [0.1, 0.15) is 0 Å². The van der Waals surface area contributed by atoms with Crippen molar-refractivity contribution in [2.24, 2.45) is 0 Å². The minimum absolute atomic E-state index is 0. The maximum atomic E-state index is 13.8. The number of nitrogens with zero attached hydrogens (tertiary/aromatic N) is 2. The number of benzene rings is 3. The van der Waals surface area contributed by atoms with Crippen LogP contribution in [0.3, 0.4) is 0 Å². The van der Waals surface area contributed by atoms with Gasteiger partial charge in [0.25, 0.3) is 0 Å². The summed E-state index contributed by atoms with van der Waals surface area (Å²) in [4.78, 5) is 15.8. The standard InChI is InChI=1S/C17H7F4N.C11H8N.CO.Ir/c18-10-4-6-12(14(20)8-10)16-2-1-3-17(22-16)13-7-5-11(19)9-15(13)21;1-2-6-10(7-3-1)11-8-4-5-9-12-11;1-2;/h1-5,8-9H;1-6,8-9H;;/q-2;2*-1;. The fourth-order valence-corrected chi connectivity index (χ4v) is 3.07. The molecule has 2 aromatic heterocycles. The summed E-state index contributed by atoms with van der Waals surface area (Å²) in [6, 6.07) is 29.6. The zero-order valence-electron chi connectivity index (χ0n) is 18.8. The normalized spacial score (nSPS) is 9.62. The SMILES string of the molecule is Fc1c[c-]c(-c2cccc(-c3[c-]cc(F)cc3F)n2)c(F)c1.[C-]=O.[Ir].[c-]1ccccc1-c1ccccn1. The molecule has 5 rings (SSSR count). The predicted octanol–water partition coefficient (Wildman–Crippen LogP) is 6.72. The molecule has 0 unspecified atom stereocenters. The van der Waals surface area contributed by atoms with E-state index in [2.05, 4.69) is 35.0 Å². The second-order valence-corrected chi connectivity index (χ2v) is 6.98. The Bertz CT molecular complexity index is 1320. The van der Waals surface area contributed by atoms with Crippen LogP contribution < -0.4 is 0 Å². The Hall–Kier alpha value is -4.00. The largest absolute Gasteiger partial charge is 0.573 e. The monoisotopic (exact) mass is 676 g/mol. The van der Waals surface area contributed by atoms with Crippen molar-refractivity contribution in [3.63, 3.8) is 0 Å². The molecule has 188 valence electrons. The van der Waals surface area contributed by atoms with Crippen LogP contribution in [0.25, 0.3) is 33.8 Å². The molecule has 0 aliphatic carbocycles. The summed E-state index contributed by atoms with van der Waals surface area (Å²) in [5.74, 6) is -3.16. The van der Waals surface area contributed by atoms with Crippen LogP contribution in [0.5, 0.6) is 0 Å². The van der Waals surface area contributed by atoms with Crippen molar-refractivity contribution >= 4 is 6.79 Å². The third kappa shape index (κ3) is 8.00. The molecule has 8 heteroatoms. The van der Waals surface area contributed by atoms with Crippen molar-refractivity contribution < 1.29 is 42.5 Å². The van der Waals surface area contributed by atoms with Crippen molar-refractivity contribution in [1.29, 1.82) is 0 Å². The molecule has 0 spiro atoms. The zero-order valence-corrected chi connectivity index (χ0v) is 21.2. The third-order valence-electron chi connectivity index (χ3n) is 4.63. The molecule has 0 atom stereocenters. The summed E-state index contributed by atoms with van der Waals surface area (Å²) in [7, 11) is 0. The Morgan fingerprint density at radius 3 is 1.65 bits per heavy atom. The maximum absolute atomic E-state index is 13.8. The van der Waals surface area contributed by atoms with Gasteiger partial charge < -0.3 is 21.6 Å². The van der Waals surface area contributed by atoms with Crippen LogP contribution in [0.15, 0.2) is 91.1 Å². The van der Waals surface area contributed by atoms with Gasteiger partial charge in [-0.3, -0.25) is 17.6 Å². The number of carbonyl (C=O) groups excluding carboxylic acids is 1. The van der Waals surface area contributed by atoms with E-state index in [1.807, 2.05) is 42.5 Å². The van der Waals surface area contributed by atoms with Crippen LogP contribution in [0, 0.1) is 41.5 Å². The van der Waals surface area contributed by atoms with Crippen molar-refractivity contribution in [3.8, 4) is 33.8 Å². The van der Waals surface area contributed by atoms with Gasteiger partial charge >= 0.3 is 0 Å². The average molecular weight is 676 g/mol. The molecule has 0 N–H and O–H groups in total. The topological polar surface area (TPSA) is 42.9 Å². The molecule has 0 bridgehead atoms. The van der Waals surface area contributed by atoms with E-state index in [4.69, 9.17) is 4.79 Å². The number of hydrogen-bond donors (Lipinski definition) is 0. The first-order valence-corrected chi connectivity index (χ1v) is 10.3. The molecule has 2 radical (unpaired) electrons. The van der Waals surface area contributed by atoms with Crippen LogP contribution in [0.2, 0.25) is 0 Å². The summed E-state index contributed by atoms with van der Waals surface area (Å²) in [5, 5.41) is 0. The summed E-state index contributed by atoms with van der Waals surface area (Å²) in [5.41, 5.74) is 2.26. The van der Waals surface area contributed by atoms with E-state index in [-0.39, 0.29) is 42.6 Å². The van der Waals surface area contributed by atoms with Crippen molar-refractivity contribution in [2.45, 2.75) is 0 Å². The molecule has 5 aromatic rings. The Morgan fingerprint density at radius 2 is 1.19 bits per heavy atom. The number of aromatic nitrogens is 2. The maximum Gasteiger partial charge on any atom is 0.0408 e. The van der Waals surface area contributed by atoms with Gasteiger partial charge in [0, 0.05) is 49.6 Å². The Morgan fingerprint density at radius 1 is 0.649 bits per heavy atom. The summed E-state index contributed by atoms with van der Waals surface area (Å²) >= 11 is 0. The van der Waals surface area contributed by atoms with Crippen LogP contribution in [-0.4, -0.2) is 16.8 Å². The third-order valence-corrected chi connectivity index (χ3v) is 4.63. The Labute approximate surface area is 225 Å². The summed E-state index contributed by atoms with van der Waals surface area (Å²) in [6.07, 6.45) is 1.79. The van der Waals surface area contributed by atoms with Gasteiger partial charge in [-0.1, -0.05) is 53.6 Å². The number of rotatable bonds is 3. The van der Waals surface area contributed by atoms with E-state index in [0.717, 1.165) is 23.4 Å². The van der Waals surface area contributed by atoms with Crippen LogP contribution in [0.1, 0.15) is 0 Å². The first-order valence-electron chi connectivity index (χ1n) is 10.3. The van der Waals surface area contributed by atoms with Gasteiger partial charge in [0.15, 0.2) is 0 Å². The second kappa shape index (κ2) is 14.5. The molecule has 3 aromatic carbocycles. The predicted molar refractivity (Wildman–Crippen MR) is 127 cm³/mol. The molecule has 2 heterocycles. The molecule has 0 fully saturated rings. The molecule has 0 saturated heterocycles.